The van der Waals surface area contributed by atoms with Crippen molar-refractivity contribution in [1.82, 2.24) is 19.7 Å². The first-order valence-electron chi connectivity index (χ1n) is 8.07. The zero-order valence-corrected chi connectivity index (χ0v) is 16.1. The molecule has 0 bridgehead atoms. The first kappa shape index (κ1) is 18.5. The molecule has 1 atom stereocenters. The Morgan fingerprint density at radius 1 is 1.42 bits per heavy atom. The fourth-order valence-electron chi connectivity index (χ4n) is 2.40. The predicted molar refractivity (Wildman–Crippen MR) is 101 cm³/mol. The van der Waals surface area contributed by atoms with Crippen LogP contribution >= 0.6 is 23.4 Å². The number of furan rings is 1. The Bertz CT molecular complexity index is 924. The molecule has 0 spiro atoms. The van der Waals surface area contributed by atoms with E-state index < -0.39 is 0 Å². The lowest BCUT2D eigenvalue weighted by molar-refractivity contribution is -0.115. The van der Waals surface area contributed by atoms with E-state index in [1.807, 2.05) is 31.4 Å². The maximum Gasteiger partial charge on any atom is 0.237 e. The van der Waals surface area contributed by atoms with Crippen molar-refractivity contribution in [3.05, 3.63) is 41.6 Å². The fourth-order valence-corrected chi connectivity index (χ4v) is 3.48. The van der Waals surface area contributed by atoms with Crippen LogP contribution in [0.2, 0.25) is 5.15 Å². The molecule has 3 rings (SSSR count). The molecule has 0 aromatic carbocycles. The van der Waals surface area contributed by atoms with Crippen molar-refractivity contribution < 1.29 is 9.21 Å². The second kappa shape index (κ2) is 7.92. The highest BCUT2D eigenvalue weighted by Crippen LogP contribution is 2.29. The summed E-state index contributed by atoms with van der Waals surface area (Å²) in [6, 6.07) is 5.28. The van der Waals surface area contributed by atoms with E-state index in [4.69, 9.17) is 16.0 Å². The second-order valence-electron chi connectivity index (χ2n) is 5.53. The molecule has 1 N–H and O–H groups in total. The highest BCUT2D eigenvalue weighted by atomic mass is 35.5. The van der Waals surface area contributed by atoms with Crippen molar-refractivity contribution in [3.8, 4) is 11.4 Å². The maximum absolute atomic E-state index is 12.5. The number of thioether (sulfide) groups is 1. The molecular weight excluding hydrogens is 374 g/mol. The standard InChI is InChI=1S/C17H18ClN5O2S/c1-4-23-15(12-7-9-25-10(12)2)21-22-17(23)26-11(3)16(24)20-13-6-5-8-19-14(13)18/h5-9,11H,4H2,1-3H3,(H,20,24)/t11-/m0/s1. The average Bonchev–Trinajstić information content (AvgIpc) is 3.22. The first-order valence-corrected chi connectivity index (χ1v) is 9.32. The largest absolute Gasteiger partial charge is 0.469 e. The number of hydrogen-bond acceptors (Lipinski definition) is 6. The van der Waals surface area contributed by atoms with Crippen LogP contribution in [0.25, 0.3) is 11.4 Å². The van der Waals surface area contributed by atoms with Crippen LogP contribution in [0.5, 0.6) is 0 Å². The summed E-state index contributed by atoms with van der Waals surface area (Å²) >= 11 is 7.32. The van der Waals surface area contributed by atoms with E-state index >= 15 is 0 Å². The highest BCUT2D eigenvalue weighted by Gasteiger charge is 2.22. The van der Waals surface area contributed by atoms with E-state index in [0.717, 1.165) is 17.1 Å². The Morgan fingerprint density at radius 2 is 2.23 bits per heavy atom. The van der Waals surface area contributed by atoms with Crippen LogP contribution in [0.15, 0.2) is 40.2 Å². The molecular formula is C17H18ClN5O2S. The van der Waals surface area contributed by atoms with Crippen molar-refractivity contribution in [2.75, 3.05) is 5.32 Å². The van der Waals surface area contributed by atoms with Gasteiger partial charge in [0.25, 0.3) is 0 Å². The Morgan fingerprint density at radius 3 is 2.88 bits per heavy atom. The molecule has 9 heteroatoms. The Balaban J connectivity index is 1.76. The van der Waals surface area contributed by atoms with Crippen LogP contribution in [0.1, 0.15) is 19.6 Å². The molecule has 0 radical (unpaired) electrons. The average molecular weight is 392 g/mol. The summed E-state index contributed by atoms with van der Waals surface area (Å²) < 4.78 is 7.32. The van der Waals surface area contributed by atoms with Gasteiger partial charge in [-0.05, 0) is 39.0 Å². The smallest absolute Gasteiger partial charge is 0.237 e. The number of aryl methyl sites for hydroxylation is 1. The molecule has 26 heavy (non-hydrogen) atoms. The number of rotatable bonds is 6. The third kappa shape index (κ3) is 3.76. The van der Waals surface area contributed by atoms with E-state index in [0.29, 0.717) is 17.4 Å². The lowest BCUT2D eigenvalue weighted by Crippen LogP contribution is -2.23. The first-order chi connectivity index (χ1) is 12.5. The van der Waals surface area contributed by atoms with Gasteiger partial charge in [0.1, 0.15) is 5.76 Å². The molecule has 3 aromatic rings. The van der Waals surface area contributed by atoms with Crippen molar-refractivity contribution in [1.29, 1.82) is 0 Å². The van der Waals surface area contributed by atoms with Crippen molar-refractivity contribution in [3.63, 3.8) is 0 Å². The van der Waals surface area contributed by atoms with E-state index in [9.17, 15) is 4.79 Å². The van der Waals surface area contributed by atoms with E-state index in [1.165, 1.54) is 11.8 Å². The van der Waals surface area contributed by atoms with E-state index in [1.54, 1.807) is 24.6 Å². The number of carbonyl (C=O) groups is 1. The van der Waals surface area contributed by atoms with Crippen LogP contribution in [0, 0.1) is 6.92 Å². The van der Waals surface area contributed by atoms with Crippen LogP contribution in [0.4, 0.5) is 5.69 Å². The van der Waals surface area contributed by atoms with Gasteiger partial charge in [-0.25, -0.2) is 4.98 Å². The lowest BCUT2D eigenvalue weighted by Gasteiger charge is -2.13. The molecule has 1 amide bonds. The maximum atomic E-state index is 12.5. The minimum absolute atomic E-state index is 0.184. The van der Waals surface area contributed by atoms with Gasteiger partial charge < -0.3 is 14.3 Å². The second-order valence-corrected chi connectivity index (χ2v) is 7.20. The number of amides is 1. The minimum Gasteiger partial charge on any atom is -0.469 e. The number of nitrogens with zero attached hydrogens (tertiary/aromatic N) is 4. The number of anilines is 1. The van der Waals surface area contributed by atoms with Gasteiger partial charge in [0.05, 0.1) is 22.8 Å². The van der Waals surface area contributed by atoms with Gasteiger partial charge in [-0.1, -0.05) is 23.4 Å². The summed E-state index contributed by atoms with van der Waals surface area (Å²) in [6.45, 7) is 6.37. The number of aromatic nitrogens is 4. The molecule has 0 saturated heterocycles. The van der Waals surface area contributed by atoms with Crippen molar-refractivity contribution >= 4 is 35.0 Å². The quantitative estimate of drug-likeness (QED) is 0.504. The number of pyridine rings is 1. The number of nitrogens with one attached hydrogen (secondary N) is 1. The molecule has 0 aliphatic rings. The van der Waals surface area contributed by atoms with Crippen molar-refractivity contribution in [2.24, 2.45) is 0 Å². The lowest BCUT2D eigenvalue weighted by atomic mass is 10.2. The van der Waals surface area contributed by atoms with Crippen LogP contribution in [0.3, 0.4) is 0 Å². The Labute approximate surface area is 160 Å². The van der Waals surface area contributed by atoms with Gasteiger partial charge in [0.2, 0.25) is 5.91 Å². The predicted octanol–water partition coefficient (Wildman–Crippen LogP) is 4.03. The molecule has 0 fully saturated rings. The van der Waals surface area contributed by atoms with Crippen LogP contribution < -0.4 is 5.32 Å². The topological polar surface area (TPSA) is 85.8 Å². The third-order valence-corrected chi connectivity index (χ3v) is 5.18. The Hall–Kier alpha value is -2.32. The highest BCUT2D eigenvalue weighted by molar-refractivity contribution is 8.00. The van der Waals surface area contributed by atoms with Gasteiger partial charge in [-0.15, -0.1) is 10.2 Å². The van der Waals surface area contributed by atoms with E-state index in [2.05, 4.69) is 20.5 Å². The molecule has 0 aliphatic heterocycles. The molecule has 3 aromatic heterocycles. The minimum atomic E-state index is -0.390. The van der Waals surface area contributed by atoms with Gasteiger partial charge in [-0.2, -0.15) is 0 Å². The van der Waals surface area contributed by atoms with Crippen LogP contribution in [-0.4, -0.2) is 30.9 Å². The number of halogens is 1. The third-order valence-electron chi connectivity index (χ3n) is 3.80. The molecule has 7 nitrogen and oxygen atoms in total. The SMILES string of the molecule is CCn1c(S[C@@H](C)C(=O)Nc2cccnc2Cl)nnc1-c1ccoc1C. The Kier molecular flexibility index (Phi) is 5.63. The van der Waals surface area contributed by atoms with Gasteiger partial charge in [0.15, 0.2) is 16.1 Å². The molecule has 0 saturated carbocycles. The molecule has 136 valence electrons. The summed E-state index contributed by atoms with van der Waals surface area (Å²) in [5.74, 6) is 1.32. The summed E-state index contributed by atoms with van der Waals surface area (Å²) in [4.78, 5) is 16.4. The summed E-state index contributed by atoms with van der Waals surface area (Å²) in [5, 5.41) is 11.8. The summed E-state index contributed by atoms with van der Waals surface area (Å²) in [7, 11) is 0. The molecule has 0 unspecified atom stereocenters. The van der Waals surface area contributed by atoms with Crippen LogP contribution in [-0.2, 0) is 11.3 Å². The summed E-state index contributed by atoms with van der Waals surface area (Å²) in [5.41, 5.74) is 1.38. The zero-order chi connectivity index (χ0) is 18.7. The van der Waals surface area contributed by atoms with E-state index in [-0.39, 0.29) is 16.3 Å². The monoisotopic (exact) mass is 391 g/mol. The zero-order valence-electron chi connectivity index (χ0n) is 14.6. The normalized spacial score (nSPS) is 12.2. The number of hydrogen-bond donors (Lipinski definition) is 1. The number of carbonyl (C=O) groups excluding carboxylic acids is 1. The molecule has 3 heterocycles. The van der Waals surface area contributed by atoms with Gasteiger partial charge in [0, 0.05) is 12.7 Å². The van der Waals surface area contributed by atoms with Gasteiger partial charge in [-0.3, -0.25) is 4.79 Å². The molecule has 0 aliphatic carbocycles. The summed E-state index contributed by atoms with van der Waals surface area (Å²) in [6.07, 6.45) is 3.19. The van der Waals surface area contributed by atoms with Crippen molar-refractivity contribution in [2.45, 2.75) is 37.7 Å². The fraction of sp³-hybridized carbons (Fsp3) is 0.294. The van der Waals surface area contributed by atoms with Gasteiger partial charge >= 0.3 is 0 Å².